The first-order chi connectivity index (χ1) is 10.3. The van der Waals surface area contributed by atoms with Gasteiger partial charge in [-0.1, -0.05) is 0 Å². The average Bonchev–Trinajstić information content (AvgIpc) is 2.43. The molecule has 0 radical (unpaired) electrons. The number of carbonyl (C=O) groups is 2. The highest BCUT2D eigenvalue weighted by Gasteiger charge is 2.32. The third-order valence-electron chi connectivity index (χ3n) is 3.18. The van der Waals surface area contributed by atoms with Crippen LogP contribution >= 0.6 is 8.03 Å². The fourth-order valence-corrected chi connectivity index (χ4v) is 2.91. The number of nitrogens with one attached hydrogen (secondary N) is 1. The maximum absolute atomic E-state index is 11.5. The van der Waals surface area contributed by atoms with Gasteiger partial charge in [0.2, 0.25) is 0 Å². The van der Waals surface area contributed by atoms with Crippen LogP contribution in [-0.2, 0) is 14.2 Å². The zero-order valence-corrected chi connectivity index (χ0v) is 12.6. The van der Waals surface area contributed by atoms with E-state index in [2.05, 4.69) is 5.32 Å². The number of carboxylic acids is 2. The molecule has 3 unspecified atom stereocenters. The molecule has 0 heterocycles. The van der Waals surface area contributed by atoms with Crippen LogP contribution in [0.25, 0.3) is 0 Å². The van der Waals surface area contributed by atoms with Crippen molar-refractivity contribution < 1.29 is 34.4 Å². The summed E-state index contributed by atoms with van der Waals surface area (Å²) in [5.41, 5.74) is -0.538. The predicted molar refractivity (Wildman–Crippen MR) is 79.6 cm³/mol. The van der Waals surface area contributed by atoms with Crippen molar-refractivity contribution in [3.63, 3.8) is 0 Å². The third-order valence-corrected chi connectivity index (χ3v) is 4.42. The molecule has 0 aliphatic rings. The standard InChI is InChI=1S/C13H18NO7P/c15-9-3-1-8(2-4-9)14-7-11(22(20)21)10(13(18)19)5-6-12(16)17/h1-4,10-11,14-15,22H,5-7H2,(H,16,17)(H,18,19)(H,20,21). The van der Waals surface area contributed by atoms with Crippen molar-refractivity contribution >= 4 is 25.7 Å². The van der Waals surface area contributed by atoms with Gasteiger partial charge in [-0.15, -0.1) is 0 Å². The molecule has 0 saturated carbocycles. The van der Waals surface area contributed by atoms with Crippen molar-refractivity contribution in [1.29, 1.82) is 0 Å². The number of phenols is 1. The number of hydrogen-bond acceptors (Lipinski definition) is 5. The van der Waals surface area contributed by atoms with Crippen LogP contribution in [0.1, 0.15) is 12.8 Å². The average molecular weight is 331 g/mol. The number of hydrogen-bond donors (Lipinski definition) is 5. The normalized spacial score (nSPS) is 14.8. The summed E-state index contributed by atoms with van der Waals surface area (Å²) in [4.78, 5) is 31.2. The second kappa shape index (κ2) is 8.41. The van der Waals surface area contributed by atoms with Gasteiger partial charge in [0.1, 0.15) is 5.75 Å². The van der Waals surface area contributed by atoms with Crippen LogP contribution in [-0.4, -0.2) is 44.4 Å². The van der Waals surface area contributed by atoms with Gasteiger partial charge >= 0.3 is 11.9 Å². The maximum atomic E-state index is 11.5. The van der Waals surface area contributed by atoms with Gasteiger partial charge in [0.15, 0.2) is 8.03 Å². The number of phenolic OH excluding ortho intramolecular Hbond substituents is 1. The summed E-state index contributed by atoms with van der Waals surface area (Å²) < 4.78 is 11.5. The van der Waals surface area contributed by atoms with E-state index in [0.717, 1.165) is 0 Å². The van der Waals surface area contributed by atoms with Gasteiger partial charge in [0, 0.05) is 18.7 Å². The Balaban J connectivity index is 2.76. The fraction of sp³-hybridized carbons (Fsp3) is 0.385. The largest absolute Gasteiger partial charge is 0.508 e. The van der Waals surface area contributed by atoms with Gasteiger partial charge < -0.3 is 25.5 Å². The van der Waals surface area contributed by atoms with E-state index in [4.69, 9.17) is 15.3 Å². The van der Waals surface area contributed by atoms with Crippen LogP contribution in [0.4, 0.5) is 5.69 Å². The first-order valence-electron chi connectivity index (χ1n) is 6.51. The SMILES string of the molecule is O=C(O)CCC(C(=O)O)C(CNc1ccc(O)cc1)[PH](=O)O. The summed E-state index contributed by atoms with van der Waals surface area (Å²) in [6.07, 6.45) is -0.606. The van der Waals surface area contributed by atoms with Crippen LogP contribution in [0.5, 0.6) is 5.75 Å². The number of anilines is 1. The molecule has 0 aliphatic heterocycles. The molecule has 122 valence electrons. The van der Waals surface area contributed by atoms with E-state index >= 15 is 0 Å². The Morgan fingerprint density at radius 2 is 1.77 bits per heavy atom. The molecule has 1 rings (SSSR count). The molecule has 0 amide bonds. The van der Waals surface area contributed by atoms with Gasteiger partial charge in [-0.05, 0) is 30.7 Å². The molecule has 1 aromatic rings. The molecule has 3 atom stereocenters. The number of aromatic hydroxyl groups is 1. The van der Waals surface area contributed by atoms with Crippen molar-refractivity contribution in [3.8, 4) is 5.75 Å². The predicted octanol–water partition coefficient (Wildman–Crippen LogP) is 1.21. The molecular formula is C13H18NO7P. The quantitative estimate of drug-likeness (QED) is 0.335. The summed E-state index contributed by atoms with van der Waals surface area (Å²) >= 11 is 0. The minimum Gasteiger partial charge on any atom is -0.508 e. The lowest BCUT2D eigenvalue weighted by molar-refractivity contribution is -0.142. The second-order valence-corrected chi connectivity index (χ2v) is 6.17. The maximum Gasteiger partial charge on any atom is 0.307 e. The van der Waals surface area contributed by atoms with E-state index in [0.29, 0.717) is 5.69 Å². The molecular weight excluding hydrogens is 313 g/mol. The minimum absolute atomic E-state index is 0.0581. The Morgan fingerprint density at radius 3 is 2.23 bits per heavy atom. The second-order valence-electron chi connectivity index (χ2n) is 4.75. The van der Waals surface area contributed by atoms with Gasteiger partial charge in [-0.25, -0.2) is 0 Å². The molecule has 8 nitrogen and oxygen atoms in total. The Hall–Kier alpha value is -2.05. The van der Waals surface area contributed by atoms with Gasteiger partial charge in [0.25, 0.3) is 0 Å². The van der Waals surface area contributed by atoms with Crippen molar-refractivity contribution in [2.24, 2.45) is 5.92 Å². The van der Waals surface area contributed by atoms with Crippen molar-refractivity contribution in [2.45, 2.75) is 18.5 Å². The highest BCUT2D eigenvalue weighted by molar-refractivity contribution is 7.39. The van der Waals surface area contributed by atoms with E-state index in [1.54, 1.807) is 0 Å². The lowest BCUT2D eigenvalue weighted by Gasteiger charge is -2.22. The van der Waals surface area contributed by atoms with E-state index in [1.807, 2.05) is 0 Å². The van der Waals surface area contributed by atoms with Gasteiger partial charge in [-0.3, -0.25) is 14.2 Å². The molecule has 0 fully saturated rings. The first-order valence-corrected chi connectivity index (χ1v) is 7.95. The molecule has 0 aromatic heterocycles. The summed E-state index contributed by atoms with van der Waals surface area (Å²) in [5, 5.41) is 29.8. The zero-order valence-electron chi connectivity index (χ0n) is 11.6. The summed E-state index contributed by atoms with van der Waals surface area (Å²) in [6.45, 7) is -0.0876. The summed E-state index contributed by atoms with van der Waals surface area (Å²) in [5.74, 6) is -3.62. The monoisotopic (exact) mass is 331 g/mol. The van der Waals surface area contributed by atoms with Crippen molar-refractivity contribution in [2.75, 3.05) is 11.9 Å². The molecule has 22 heavy (non-hydrogen) atoms. The van der Waals surface area contributed by atoms with E-state index in [-0.39, 0.29) is 25.1 Å². The molecule has 5 N–H and O–H groups in total. The number of aliphatic carboxylic acids is 2. The number of benzene rings is 1. The van der Waals surface area contributed by atoms with Gasteiger partial charge in [0.05, 0.1) is 11.6 Å². The van der Waals surface area contributed by atoms with Crippen molar-refractivity contribution in [3.05, 3.63) is 24.3 Å². The zero-order chi connectivity index (χ0) is 16.7. The van der Waals surface area contributed by atoms with Crippen LogP contribution < -0.4 is 5.32 Å². The van der Waals surface area contributed by atoms with Gasteiger partial charge in [-0.2, -0.15) is 0 Å². The van der Waals surface area contributed by atoms with Crippen LogP contribution in [0.3, 0.4) is 0 Å². The van der Waals surface area contributed by atoms with Crippen molar-refractivity contribution in [1.82, 2.24) is 0 Å². The smallest absolute Gasteiger partial charge is 0.307 e. The van der Waals surface area contributed by atoms with E-state index in [1.165, 1.54) is 24.3 Å². The van der Waals surface area contributed by atoms with E-state index < -0.39 is 31.5 Å². The highest BCUT2D eigenvalue weighted by Crippen LogP contribution is 2.32. The molecule has 0 saturated heterocycles. The highest BCUT2D eigenvalue weighted by atomic mass is 31.1. The molecule has 0 aliphatic carbocycles. The number of rotatable bonds is 9. The summed E-state index contributed by atoms with van der Waals surface area (Å²) in [6, 6.07) is 5.90. The van der Waals surface area contributed by atoms with Crippen LogP contribution in [0, 0.1) is 5.92 Å². The molecule has 1 aromatic carbocycles. The van der Waals surface area contributed by atoms with Crippen LogP contribution in [0.15, 0.2) is 24.3 Å². The summed E-state index contributed by atoms with van der Waals surface area (Å²) in [7, 11) is -3.18. The molecule has 9 heteroatoms. The molecule has 0 bridgehead atoms. The first kappa shape index (κ1) is 18.0. The Labute approximate surface area is 127 Å². The molecule has 0 spiro atoms. The minimum atomic E-state index is -3.18. The Morgan fingerprint density at radius 1 is 1.18 bits per heavy atom. The van der Waals surface area contributed by atoms with Crippen LogP contribution in [0.2, 0.25) is 0 Å². The Bertz CT molecular complexity index is 546. The Kier molecular flexibility index (Phi) is 6.88. The number of carboxylic acid groups (broad SMARTS) is 2. The van der Waals surface area contributed by atoms with E-state index in [9.17, 15) is 19.0 Å². The lowest BCUT2D eigenvalue weighted by atomic mass is 9.99. The lowest BCUT2D eigenvalue weighted by Crippen LogP contribution is -2.32. The fourth-order valence-electron chi connectivity index (χ4n) is 1.98. The topological polar surface area (TPSA) is 144 Å². The third kappa shape index (κ3) is 5.75.